The Morgan fingerprint density at radius 2 is 1.56 bits per heavy atom. The van der Waals surface area contributed by atoms with Gasteiger partial charge in [0.1, 0.15) is 0 Å². The Hall–Kier alpha value is -1.21. The fourth-order valence-corrected chi connectivity index (χ4v) is 1.27. The third-order valence-electron chi connectivity index (χ3n) is 2.40. The van der Waals surface area contributed by atoms with E-state index in [-0.39, 0.29) is 13.0 Å². The van der Waals surface area contributed by atoms with Gasteiger partial charge >= 0.3 is 23.7 Å². The summed E-state index contributed by atoms with van der Waals surface area (Å²) in [6.07, 6.45) is 0.254. The van der Waals surface area contributed by atoms with E-state index in [9.17, 15) is 31.1 Å². The second kappa shape index (κ2) is 2.92. The molecule has 0 aromatic heterocycles. The van der Waals surface area contributed by atoms with Gasteiger partial charge in [0, 0.05) is 6.08 Å². The molecule has 0 spiro atoms. The first kappa shape index (κ1) is 12.9. The van der Waals surface area contributed by atoms with Crippen molar-refractivity contribution >= 4 is 5.97 Å². The summed E-state index contributed by atoms with van der Waals surface area (Å²) < 4.78 is 80.3. The molecule has 2 nitrogen and oxygen atoms in total. The van der Waals surface area contributed by atoms with E-state index < -0.39 is 29.3 Å². The summed E-state index contributed by atoms with van der Waals surface area (Å²) >= 11 is 0. The first-order valence-corrected chi connectivity index (χ1v) is 3.94. The molecule has 1 aliphatic rings. The Labute approximate surface area is 85.9 Å². The molecular formula is C8H6F6O2. The van der Waals surface area contributed by atoms with Crippen LogP contribution in [-0.4, -0.2) is 29.3 Å². The highest BCUT2D eigenvalue weighted by Crippen LogP contribution is 2.68. The van der Waals surface area contributed by atoms with Crippen molar-refractivity contribution in [3.63, 3.8) is 0 Å². The molecule has 0 heterocycles. The van der Waals surface area contributed by atoms with Gasteiger partial charge in [0.25, 0.3) is 5.67 Å². The molecule has 0 aromatic rings. The minimum atomic E-state index is -5.43. The number of hydrogen-bond donors (Lipinski definition) is 0. The van der Waals surface area contributed by atoms with Gasteiger partial charge in [-0.05, 0) is 6.92 Å². The lowest BCUT2D eigenvalue weighted by molar-refractivity contribution is -0.487. The van der Waals surface area contributed by atoms with Crippen LogP contribution in [0, 0.1) is 0 Å². The van der Waals surface area contributed by atoms with E-state index in [4.69, 9.17) is 0 Å². The average Bonchev–Trinajstić information content (AvgIpc) is 2.15. The minimum absolute atomic E-state index is 0.110. The molecule has 0 radical (unpaired) electrons. The lowest BCUT2D eigenvalue weighted by Crippen LogP contribution is -2.85. The third-order valence-corrected chi connectivity index (χ3v) is 2.40. The van der Waals surface area contributed by atoms with Crippen molar-refractivity contribution in [2.45, 2.75) is 30.3 Å². The standard InChI is InChI=1S/C8H6F6O2/c1-3-4(15)16-8(14)5(2,9)6(10,11)7(8,12)13/h3H,1H2,2H3. The Morgan fingerprint density at radius 1 is 1.12 bits per heavy atom. The number of halogens is 6. The summed E-state index contributed by atoms with van der Waals surface area (Å²) in [7, 11) is 0. The van der Waals surface area contributed by atoms with Crippen molar-refractivity contribution in [3.8, 4) is 0 Å². The highest BCUT2D eigenvalue weighted by Gasteiger charge is 2.99. The molecule has 0 bridgehead atoms. The van der Waals surface area contributed by atoms with Crippen LogP contribution in [0.15, 0.2) is 12.7 Å². The van der Waals surface area contributed by atoms with Crippen molar-refractivity contribution in [2.24, 2.45) is 0 Å². The lowest BCUT2D eigenvalue weighted by Gasteiger charge is -2.55. The number of hydrogen-bond acceptors (Lipinski definition) is 2. The molecule has 92 valence electrons. The fraction of sp³-hybridized carbons (Fsp3) is 0.625. The number of rotatable bonds is 2. The molecule has 1 saturated carbocycles. The maximum atomic E-state index is 13.3. The van der Waals surface area contributed by atoms with Crippen LogP contribution in [-0.2, 0) is 9.53 Å². The molecule has 1 fully saturated rings. The van der Waals surface area contributed by atoms with Gasteiger partial charge < -0.3 is 4.74 Å². The minimum Gasteiger partial charge on any atom is -0.415 e. The number of carbonyl (C=O) groups excluding carboxylic acids is 1. The monoisotopic (exact) mass is 248 g/mol. The maximum absolute atomic E-state index is 13.3. The Kier molecular flexibility index (Phi) is 2.35. The lowest BCUT2D eigenvalue weighted by atomic mass is 9.69. The van der Waals surface area contributed by atoms with Gasteiger partial charge in [-0.25, -0.2) is 9.18 Å². The molecule has 0 aliphatic heterocycles. The summed E-state index contributed by atoms with van der Waals surface area (Å²) in [4.78, 5) is 10.5. The molecule has 0 saturated heterocycles. The largest absolute Gasteiger partial charge is 0.415 e. The number of carbonyl (C=O) groups is 1. The second-order valence-electron chi connectivity index (χ2n) is 3.37. The molecule has 2 atom stereocenters. The van der Waals surface area contributed by atoms with Gasteiger partial charge in [-0.1, -0.05) is 6.58 Å². The zero-order valence-corrected chi connectivity index (χ0v) is 7.87. The van der Waals surface area contributed by atoms with Gasteiger partial charge in [-0.15, -0.1) is 0 Å². The van der Waals surface area contributed by atoms with Crippen LogP contribution >= 0.6 is 0 Å². The normalized spacial score (nSPS) is 39.7. The first-order chi connectivity index (χ1) is 6.95. The summed E-state index contributed by atoms with van der Waals surface area (Å²) in [5, 5.41) is 0. The van der Waals surface area contributed by atoms with E-state index in [1.165, 1.54) is 0 Å². The maximum Gasteiger partial charge on any atom is 0.385 e. The Bertz CT molecular complexity index is 330. The average molecular weight is 248 g/mol. The quantitative estimate of drug-likeness (QED) is 0.426. The predicted molar refractivity (Wildman–Crippen MR) is 39.5 cm³/mol. The van der Waals surface area contributed by atoms with E-state index in [2.05, 4.69) is 11.3 Å². The SMILES string of the molecule is C=CC(=O)OC1(F)C(C)(F)C(F)(F)C1(F)F. The van der Waals surface area contributed by atoms with Crippen LogP contribution in [0.4, 0.5) is 26.3 Å². The smallest absolute Gasteiger partial charge is 0.385 e. The van der Waals surface area contributed by atoms with E-state index in [0.717, 1.165) is 0 Å². The Balaban J connectivity index is 3.15. The van der Waals surface area contributed by atoms with E-state index >= 15 is 0 Å². The van der Waals surface area contributed by atoms with Gasteiger partial charge in [0.05, 0.1) is 0 Å². The highest BCUT2D eigenvalue weighted by molar-refractivity contribution is 5.81. The molecule has 0 amide bonds. The van der Waals surface area contributed by atoms with Crippen LogP contribution in [0.5, 0.6) is 0 Å². The topological polar surface area (TPSA) is 26.3 Å². The van der Waals surface area contributed by atoms with Crippen LogP contribution in [0.3, 0.4) is 0 Å². The van der Waals surface area contributed by atoms with E-state index in [1.807, 2.05) is 0 Å². The zero-order valence-electron chi connectivity index (χ0n) is 7.87. The molecule has 16 heavy (non-hydrogen) atoms. The molecule has 1 aliphatic carbocycles. The molecule has 0 aromatic carbocycles. The van der Waals surface area contributed by atoms with Crippen molar-refractivity contribution in [1.82, 2.24) is 0 Å². The highest BCUT2D eigenvalue weighted by atomic mass is 19.3. The van der Waals surface area contributed by atoms with Crippen molar-refractivity contribution in [3.05, 3.63) is 12.7 Å². The molecule has 0 N–H and O–H groups in total. The zero-order chi connectivity index (χ0) is 13.0. The first-order valence-electron chi connectivity index (χ1n) is 3.94. The molecule has 1 rings (SSSR count). The van der Waals surface area contributed by atoms with E-state index in [1.54, 1.807) is 0 Å². The van der Waals surface area contributed by atoms with E-state index in [0.29, 0.717) is 0 Å². The van der Waals surface area contributed by atoms with Crippen LogP contribution < -0.4 is 0 Å². The summed E-state index contributed by atoms with van der Waals surface area (Å²) in [6.45, 7) is 2.63. The van der Waals surface area contributed by atoms with Gasteiger partial charge in [0.2, 0.25) is 0 Å². The van der Waals surface area contributed by atoms with Crippen molar-refractivity contribution < 1.29 is 35.9 Å². The van der Waals surface area contributed by atoms with Gasteiger partial charge in [0.15, 0.2) is 0 Å². The molecule has 8 heteroatoms. The summed E-state index contributed by atoms with van der Waals surface area (Å²) in [5.41, 5.74) is -4.30. The molecular weight excluding hydrogens is 242 g/mol. The van der Waals surface area contributed by atoms with Crippen LogP contribution in [0.1, 0.15) is 6.92 Å². The van der Waals surface area contributed by atoms with Gasteiger partial charge in [-0.3, -0.25) is 0 Å². The van der Waals surface area contributed by atoms with Crippen LogP contribution in [0.25, 0.3) is 0 Å². The Morgan fingerprint density at radius 3 is 1.88 bits per heavy atom. The predicted octanol–water partition coefficient (Wildman–Crippen LogP) is 2.39. The molecule has 2 unspecified atom stereocenters. The van der Waals surface area contributed by atoms with Crippen molar-refractivity contribution in [2.75, 3.05) is 0 Å². The van der Waals surface area contributed by atoms with Crippen molar-refractivity contribution in [1.29, 1.82) is 0 Å². The van der Waals surface area contributed by atoms with Gasteiger partial charge in [-0.2, -0.15) is 22.0 Å². The summed E-state index contributed by atoms with van der Waals surface area (Å²) in [5.74, 6) is -17.1. The second-order valence-corrected chi connectivity index (χ2v) is 3.37. The summed E-state index contributed by atoms with van der Waals surface area (Å²) in [6, 6.07) is 0. The van der Waals surface area contributed by atoms with Crippen LogP contribution in [0.2, 0.25) is 0 Å². The fourth-order valence-electron chi connectivity index (χ4n) is 1.27. The number of alkyl halides is 6. The number of esters is 1. The third kappa shape index (κ3) is 1.02. The number of ether oxygens (including phenoxy) is 1.